The molecule has 0 saturated heterocycles. The number of hydrogen-bond donors (Lipinski definition) is 1. The zero-order valence-electron chi connectivity index (χ0n) is 13.9. The molecule has 3 rings (SSSR count). The van der Waals surface area contributed by atoms with Crippen LogP contribution in [0.3, 0.4) is 0 Å². The molecular weight excluding hydrogens is 379 g/mol. The van der Waals surface area contributed by atoms with Crippen LogP contribution in [-0.4, -0.2) is 22.0 Å². The number of anilines is 1. The van der Waals surface area contributed by atoms with Crippen molar-refractivity contribution in [3.63, 3.8) is 0 Å². The molecule has 140 valence electrons. The molecule has 0 spiro atoms. The molecule has 2 heterocycles. The minimum Gasteiger partial charge on any atom is -0.365 e. The van der Waals surface area contributed by atoms with Gasteiger partial charge in [0.1, 0.15) is 21.3 Å². The number of rotatable bonds is 7. The molecule has 0 aliphatic heterocycles. The average Bonchev–Trinajstić information content (AvgIpc) is 3.09. The minimum absolute atomic E-state index is 0.0762. The van der Waals surface area contributed by atoms with Crippen molar-refractivity contribution in [2.45, 2.75) is 25.6 Å². The molecule has 1 aromatic carbocycles. The van der Waals surface area contributed by atoms with E-state index in [4.69, 9.17) is 0 Å². The Balaban J connectivity index is 1.95. The molecule has 0 amide bonds. The van der Waals surface area contributed by atoms with Gasteiger partial charge in [-0.1, -0.05) is 30.3 Å². The van der Waals surface area contributed by atoms with Gasteiger partial charge in [0.15, 0.2) is 12.1 Å². The summed E-state index contributed by atoms with van der Waals surface area (Å²) in [4.78, 5) is 29.5. The second-order valence-corrected chi connectivity index (χ2v) is 6.77. The van der Waals surface area contributed by atoms with Gasteiger partial charge in [-0.3, -0.25) is 9.59 Å². The smallest absolute Gasteiger partial charge is 0.365 e. The van der Waals surface area contributed by atoms with Gasteiger partial charge in [-0.2, -0.15) is 13.2 Å². The number of nitrogens with one attached hydrogen (secondary N) is 1. The van der Waals surface area contributed by atoms with Crippen molar-refractivity contribution in [3.8, 4) is 0 Å². The van der Waals surface area contributed by atoms with Crippen molar-refractivity contribution in [2.75, 3.05) is 5.32 Å². The first-order valence-corrected chi connectivity index (χ1v) is 8.82. The molecule has 0 radical (unpaired) electrons. The van der Waals surface area contributed by atoms with E-state index in [1.807, 2.05) is 30.3 Å². The summed E-state index contributed by atoms with van der Waals surface area (Å²) in [7, 11) is 0. The Morgan fingerprint density at radius 3 is 2.59 bits per heavy atom. The first kappa shape index (κ1) is 19.0. The third kappa shape index (κ3) is 4.68. The van der Waals surface area contributed by atoms with E-state index in [0.29, 0.717) is 17.9 Å². The van der Waals surface area contributed by atoms with E-state index in [1.165, 1.54) is 0 Å². The van der Waals surface area contributed by atoms with Crippen molar-refractivity contribution < 1.29 is 22.8 Å². The lowest BCUT2D eigenvalue weighted by Gasteiger charge is -2.09. The van der Waals surface area contributed by atoms with E-state index in [2.05, 4.69) is 15.3 Å². The number of carbonyl (C=O) groups excluding carboxylic acids is 2. The van der Waals surface area contributed by atoms with Gasteiger partial charge in [-0.15, -0.1) is 11.3 Å². The number of thiophene rings is 1. The highest BCUT2D eigenvalue weighted by atomic mass is 32.1. The van der Waals surface area contributed by atoms with Gasteiger partial charge < -0.3 is 5.32 Å². The number of aryl methyl sites for hydroxylation is 1. The van der Waals surface area contributed by atoms with Gasteiger partial charge in [0, 0.05) is 19.4 Å². The highest BCUT2D eigenvalue weighted by Gasteiger charge is 2.33. The molecule has 0 aliphatic rings. The van der Waals surface area contributed by atoms with E-state index in [1.54, 1.807) is 0 Å². The molecule has 0 saturated carbocycles. The molecule has 0 atom stereocenters. The first-order valence-electron chi connectivity index (χ1n) is 8.00. The summed E-state index contributed by atoms with van der Waals surface area (Å²) < 4.78 is 39.2. The molecule has 0 unspecified atom stereocenters. The Hall–Kier alpha value is -2.81. The van der Waals surface area contributed by atoms with Gasteiger partial charge >= 0.3 is 6.18 Å². The monoisotopic (exact) mass is 393 g/mol. The average molecular weight is 393 g/mol. The van der Waals surface area contributed by atoms with Crippen LogP contribution in [0.25, 0.3) is 10.2 Å². The lowest BCUT2D eigenvalue weighted by molar-refractivity contribution is -0.134. The molecule has 0 aliphatic carbocycles. The SMILES string of the molecule is O=CC(=O)CCc1nc(NCc2ccccc2)c2cc(C(F)(F)F)sc2n1. The largest absolute Gasteiger partial charge is 0.425 e. The molecule has 5 nitrogen and oxygen atoms in total. The molecule has 9 heteroatoms. The second kappa shape index (κ2) is 7.83. The molecule has 1 N–H and O–H groups in total. The molecule has 0 bridgehead atoms. The van der Waals surface area contributed by atoms with Gasteiger partial charge in [0.25, 0.3) is 0 Å². The molecule has 3 aromatic rings. The maximum Gasteiger partial charge on any atom is 0.425 e. The number of hydrogen-bond acceptors (Lipinski definition) is 6. The van der Waals surface area contributed by atoms with Gasteiger partial charge in [-0.05, 0) is 11.6 Å². The number of alkyl halides is 3. The number of halogens is 3. The van der Waals surface area contributed by atoms with Gasteiger partial charge in [0.2, 0.25) is 0 Å². The Morgan fingerprint density at radius 2 is 1.93 bits per heavy atom. The van der Waals surface area contributed by atoms with E-state index in [-0.39, 0.29) is 41.0 Å². The van der Waals surface area contributed by atoms with Crippen molar-refractivity contribution >= 4 is 39.4 Å². The van der Waals surface area contributed by atoms with E-state index in [9.17, 15) is 22.8 Å². The fourth-order valence-corrected chi connectivity index (χ4v) is 3.34. The number of aldehydes is 1. The summed E-state index contributed by atoms with van der Waals surface area (Å²) in [6.07, 6.45) is -4.28. The van der Waals surface area contributed by atoms with Crippen molar-refractivity contribution in [1.82, 2.24) is 9.97 Å². The number of aromatic nitrogens is 2. The number of carbonyl (C=O) groups is 2. The Morgan fingerprint density at radius 1 is 1.19 bits per heavy atom. The fraction of sp³-hybridized carbons (Fsp3) is 0.222. The molecule has 0 fully saturated rings. The molecule has 2 aromatic heterocycles. The number of benzene rings is 1. The Labute approximate surface area is 156 Å². The summed E-state index contributed by atoms with van der Waals surface area (Å²) in [5, 5.41) is 3.32. The van der Waals surface area contributed by atoms with Crippen molar-refractivity contribution in [2.24, 2.45) is 0 Å². The zero-order valence-corrected chi connectivity index (χ0v) is 14.7. The molecule has 27 heavy (non-hydrogen) atoms. The summed E-state index contributed by atoms with van der Waals surface area (Å²) in [6.45, 7) is 0.372. The van der Waals surface area contributed by atoms with Crippen LogP contribution in [0, 0.1) is 0 Å². The summed E-state index contributed by atoms with van der Waals surface area (Å²) in [5.41, 5.74) is 0.938. The second-order valence-electron chi connectivity index (χ2n) is 5.74. The van der Waals surface area contributed by atoms with E-state index >= 15 is 0 Å². The topological polar surface area (TPSA) is 72.0 Å². The van der Waals surface area contributed by atoms with Gasteiger partial charge in [0.05, 0.1) is 5.39 Å². The predicted molar refractivity (Wildman–Crippen MR) is 95.6 cm³/mol. The van der Waals surface area contributed by atoms with E-state index < -0.39 is 16.8 Å². The first-order chi connectivity index (χ1) is 12.9. The summed E-state index contributed by atoms with van der Waals surface area (Å²) in [6, 6.07) is 10.4. The highest BCUT2D eigenvalue weighted by Crippen LogP contribution is 2.39. The maximum absolute atomic E-state index is 13.1. The number of fused-ring (bicyclic) bond motifs is 1. The lowest BCUT2D eigenvalue weighted by atomic mass is 10.2. The quantitative estimate of drug-likeness (QED) is 0.485. The van der Waals surface area contributed by atoms with Crippen LogP contribution in [0.15, 0.2) is 36.4 Å². The normalized spacial score (nSPS) is 11.5. The zero-order chi connectivity index (χ0) is 19.4. The lowest BCUT2D eigenvalue weighted by Crippen LogP contribution is -2.07. The minimum atomic E-state index is -4.48. The van der Waals surface area contributed by atoms with E-state index in [0.717, 1.165) is 11.6 Å². The van der Waals surface area contributed by atoms with Crippen LogP contribution in [0.5, 0.6) is 0 Å². The molecular formula is C18H14F3N3O2S. The third-order valence-electron chi connectivity index (χ3n) is 3.75. The van der Waals surface area contributed by atoms with Crippen LogP contribution < -0.4 is 5.32 Å². The van der Waals surface area contributed by atoms with Crippen molar-refractivity contribution in [3.05, 3.63) is 52.7 Å². The number of ketones is 1. The summed E-state index contributed by atoms with van der Waals surface area (Å²) >= 11 is 0.524. The number of nitrogens with zero attached hydrogens (tertiary/aromatic N) is 2. The summed E-state index contributed by atoms with van der Waals surface area (Å²) in [5.74, 6) is -0.132. The Kier molecular flexibility index (Phi) is 5.50. The Bertz CT molecular complexity index is 971. The van der Waals surface area contributed by atoms with Crippen LogP contribution in [0.4, 0.5) is 19.0 Å². The standard InChI is InChI=1S/C18H14F3N3O2S/c19-18(20,21)14-8-13-16(22-9-11-4-2-1-3-5-11)23-15(24-17(13)27-14)7-6-12(26)10-25/h1-5,8,10H,6-7,9H2,(H,22,23,24). The van der Waals surface area contributed by atoms with Crippen LogP contribution >= 0.6 is 11.3 Å². The fourth-order valence-electron chi connectivity index (χ4n) is 2.43. The maximum atomic E-state index is 13.1. The van der Waals surface area contributed by atoms with Crippen LogP contribution in [0.1, 0.15) is 22.7 Å². The van der Waals surface area contributed by atoms with Gasteiger partial charge in [-0.25, -0.2) is 9.97 Å². The predicted octanol–water partition coefficient (Wildman–Crippen LogP) is 4.02. The highest BCUT2D eigenvalue weighted by molar-refractivity contribution is 7.18. The number of Topliss-reactive ketones (excluding diaryl/α,β-unsaturated/α-hetero) is 1. The van der Waals surface area contributed by atoms with Crippen LogP contribution in [0.2, 0.25) is 0 Å². The van der Waals surface area contributed by atoms with Crippen LogP contribution in [-0.2, 0) is 28.7 Å². The van der Waals surface area contributed by atoms with Crippen molar-refractivity contribution in [1.29, 1.82) is 0 Å². The third-order valence-corrected chi connectivity index (χ3v) is 4.82.